The zero-order valence-electron chi connectivity index (χ0n) is 20.1. The molecule has 0 aliphatic carbocycles. The average molecular weight is 559 g/mol. The van der Waals surface area contributed by atoms with Gasteiger partial charge in [-0.3, -0.25) is 13.9 Å². The number of carbonyl (C=O) groups is 1. The van der Waals surface area contributed by atoms with Crippen molar-refractivity contribution in [3.8, 4) is 6.07 Å². The Morgan fingerprint density at radius 3 is 2.24 bits per heavy atom. The van der Waals surface area contributed by atoms with Crippen molar-refractivity contribution >= 4 is 32.5 Å². The predicted molar refractivity (Wildman–Crippen MR) is 140 cm³/mol. The quantitative estimate of drug-likeness (QED) is 0.156. The Morgan fingerprint density at radius 1 is 0.974 bits per heavy atom. The maximum atomic E-state index is 12.3. The summed E-state index contributed by atoms with van der Waals surface area (Å²) in [5.41, 5.74) is 2.09. The molecule has 0 aromatic heterocycles. The molecule has 0 heterocycles. The minimum absolute atomic E-state index is 0.00261. The molecule has 0 saturated heterocycles. The third-order valence-electron chi connectivity index (χ3n) is 5.88. The van der Waals surface area contributed by atoms with Gasteiger partial charge >= 0.3 is 10.4 Å². The van der Waals surface area contributed by atoms with E-state index in [1.807, 2.05) is 30.3 Å². The van der Waals surface area contributed by atoms with Gasteiger partial charge < -0.3 is 5.32 Å². The lowest BCUT2D eigenvalue weighted by Crippen LogP contribution is -2.21. The molecule has 0 aliphatic heterocycles. The van der Waals surface area contributed by atoms with E-state index in [9.17, 15) is 30.7 Å². The molecule has 0 fully saturated rings. The second-order valence-electron chi connectivity index (χ2n) is 8.45. The fraction of sp³-hybridized carbons (Fsp3) is 0.231. The molecule has 3 aromatic carbocycles. The number of rotatable bonds is 13. The van der Waals surface area contributed by atoms with E-state index in [4.69, 9.17) is 9.44 Å². The summed E-state index contributed by atoms with van der Waals surface area (Å²) >= 11 is 0. The first kappa shape index (κ1) is 29.0. The van der Waals surface area contributed by atoms with Crippen LogP contribution in [0.1, 0.15) is 51.9 Å². The van der Waals surface area contributed by atoms with E-state index in [0.717, 1.165) is 17.3 Å². The lowest BCUT2D eigenvalue weighted by atomic mass is 9.84. The summed E-state index contributed by atoms with van der Waals surface area (Å²) in [6.07, 6.45) is 0.231. The number of benzene rings is 3. The van der Waals surface area contributed by atoms with E-state index in [-0.39, 0.29) is 24.1 Å². The Balaban J connectivity index is 2.02. The van der Waals surface area contributed by atoms with Crippen LogP contribution < -0.4 is 5.32 Å². The molecule has 0 saturated carbocycles. The lowest BCUT2D eigenvalue weighted by molar-refractivity contribution is 0.112. The third-order valence-corrected chi connectivity index (χ3v) is 7.24. The third kappa shape index (κ3) is 8.20. The van der Waals surface area contributed by atoms with Gasteiger partial charge in [-0.1, -0.05) is 54.6 Å². The molecule has 2 atom stereocenters. The van der Waals surface area contributed by atoms with Crippen LogP contribution in [-0.4, -0.2) is 38.8 Å². The molecule has 0 radical (unpaired) electrons. The zero-order valence-corrected chi connectivity index (χ0v) is 21.7. The van der Waals surface area contributed by atoms with Gasteiger partial charge in [0.2, 0.25) is 0 Å². The first-order valence-corrected chi connectivity index (χ1v) is 14.3. The van der Waals surface area contributed by atoms with Gasteiger partial charge in [0.1, 0.15) is 18.9 Å². The monoisotopic (exact) mass is 558 g/mol. The van der Waals surface area contributed by atoms with E-state index in [0.29, 0.717) is 24.7 Å². The largest absolute Gasteiger partial charge is 0.397 e. The maximum absolute atomic E-state index is 12.3. The number of hydrogen-bond donors (Lipinski definition) is 3. The normalized spacial score (nSPS) is 13.3. The molecule has 0 bridgehead atoms. The van der Waals surface area contributed by atoms with Crippen LogP contribution in [0.5, 0.6) is 0 Å². The van der Waals surface area contributed by atoms with Gasteiger partial charge in [0.15, 0.2) is 0 Å². The van der Waals surface area contributed by atoms with Crippen molar-refractivity contribution in [2.45, 2.75) is 36.2 Å². The Bertz CT molecular complexity index is 1500. The Hall–Kier alpha value is -3.60. The summed E-state index contributed by atoms with van der Waals surface area (Å²) in [4.78, 5) is 10.7. The number of anilines is 1. The summed E-state index contributed by atoms with van der Waals surface area (Å²) in [6.45, 7) is 0.161. The fourth-order valence-electron chi connectivity index (χ4n) is 4.21. The second kappa shape index (κ2) is 12.8. The number of nitriles is 1. The SMILES string of the molecule is N#CCNc1ccc(CCCC(c2ccc(C=O)cc2S(=O)(=O)O)C(OS(=O)(=O)O)c2ccccc2)cc1. The Labute approximate surface area is 221 Å². The van der Waals surface area contributed by atoms with E-state index in [1.165, 1.54) is 12.1 Å². The fourth-order valence-corrected chi connectivity index (χ4v) is 5.52. The number of carbonyl (C=O) groups excluding carboxylic acids is 1. The van der Waals surface area contributed by atoms with Crippen LogP contribution in [0.25, 0.3) is 0 Å². The minimum Gasteiger partial charge on any atom is -0.372 e. The van der Waals surface area contributed by atoms with Crippen LogP contribution in [0.4, 0.5) is 5.69 Å². The van der Waals surface area contributed by atoms with Gasteiger partial charge in [-0.05, 0) is 54.2 Å². The second-order valence-corrected chi connectivity index (χ2v) is 10.9. The Morgan fingerprint density at radius 2 is 1.66 bits per heavy atom. The highest BCUT2D eigenvalue weighted by molar-refractivity contribution is 7.85. The van der Waals surface area contributed by atoms with Crippen molar-refractivity contribution < 1.29 is 34.9 Å². The molecule has 12 heteroatoms. The number of hydrogen-bond acceptors (Lipinski definition) is 8. The first-order chi connectivity index (χ1) is 18.0. The number of nitrogens with zero attached hydrogens (tertiary/aromatic N) is 1. The number of nitrogens with one attached hydrogen (secondary N) is 1. The zero-order chi connectivity index (χ0) is 27.8. The smallest absolute Gasteiger partial charge is 0.372 e. The summed E-state index contributed by atoms with van der Waals surface area (Å²) < 4.78 is 72.8. The van der Waals surface area contributed by atoms with E-state index in [2.05, 4.69) is 5.32 Å². The van der Waals surface area contributed by atoms with Gasteiger partial charge in [-0.25, -0.2) is 4.18 Å². The molecule has 3 N–H and O–H groups in total. The molecule has 38 heavy (non-hydrogen) atoms. The van der Waals surface area contributed by atoms with Gasteiger partial charge in [-0.2, -0.15) is 22.1 Å². The van der Waals surface area contributed by atoms with Crippen LogP contribution >= 0.6 is 0 Å². The van der Waals surface area contributed by atoms with Crippen molar-refractivity contribution in [1.82, 2.24) is 0 Å². The molecule has 0 spiro atoms. The van der Waals surface area contributed by atoms with E-state index >= 15 is 0 Å². The van der Waals surface area contributed by atoms with Crippen molar-refractivity contribution in [3.05, 3.63) is 95.1 Å². The molecule has 3 rings (SSSR count). The van der Waals surface area contributed by atoms with E-state index in [1.54, 1.807) is 30.3 Å². The van der Waals surface area contributed by atoms with Gasteiger partial charge in [0, 0.05) is 17.2 Å². The Kier molecular flexibility index (Phi) is 9.73. The topological polar surface area (TPSA) is 171 Å². The lowest BCUT2D eigenvalue weighted by Gasteiger charge is -2.28. The molecule has 0 amide bonds. The summed E-state index contributed by atoms with van der Waals surface area (Å²) in [5, 5.41) is 11.6. The van der Waals surface area contributed by atoms with E-state index < -0.39 is 37.4 Å². The number of aryl methyl sites for hydroxylation is 1. The summed E-state index contributed by atoms with van der Waals surface area (Å²) in [5.74, 6) is -0.964. The highest BCUT2D eigenvalue weighted by atomic mass is 32.3. The predicted octanol–water partition coefficient (Wildman–Crippen LogP) is 4.35. The molecular formula is C26H26N2O8S2. The molecule has 2 unspecified atom stereocenters. The minimum atomic E-state index is -4.97. The van der Waals surface area contributed by atoms with Crippen LogP contribution in [-0.2, 0) is 31.1 Å². The molecule has 10 nitrogen and oxygen atoms in total. The highest BCUT2D eigenvalue weighted by Gasteiger charge is 2.33. The summed E-state index contributed by atoms with van der Waals surface area (Å²) in [7, 11) is -9.79. The van der Waals surface area contributed by atoms with Gasteiger partial charge in [0.05, 0.1) is 11.0 Å². The van der Waals surface area contributed by atoms with Gasteiger partial charge in [0.25, 0.3) is 10.1 Å². The maximum Gasteiger partial charge on any atom is 0.397 e. The molecular weight excluding hydrogens is 532 g/mol. The van der Waals surface area contributed by atoms with Crippen molar-refractivity contribution in [2.24, 2.45) is 0 Å². The van der Waals surface area contributed by atoms with Gasteiger partial charge in [-0.15, -0.1) is 0 Å². The van der Waals surface area contributed by atoms with Crippen molar-refractivity contribution in [1.29, 1.82) is 5.26 Å². The summed E-state index contributed by atoms with van der Waals surface area (Å²) in [6, 6.07) is 21.1. The number of aldehydes is 1. The van der Waals surface area contributed by atoms with Crippen LogP contribution in [0.2, 0.25) is 0 Å². The standard InChI is InChI=1S/C26H26N2O8S2/c27-15-16-28-22-12-9-19(10-13-22)5-4-8-24(23-14-11-20(18-29)17-25(23)37(30,31)32)26(36-38(33,34)35)21-6-2-1-3-7-21/h1-3,6-7,9-14,17-18,24,26,28H,4-5,8,16H2,(H,30,31,32)(H,33,34,35). The van der Waals surface area contributed by atoms with Crippen LogP contribution in [0.3, 0.4) is 0 Å². The molecule has 3 aromatic rings. The van der Waals surface area contributed by atoms with Crippen molar-refractivity contribution in [2.75, 3.05) is 11.9 Å². The first-order valence-electron chi connectivity index (χ1n) is 11.5. The average Bonchev–Trinajstić information content (AvgIpc) is 2.89. The highest BCUT2D eigenvalue weighted by Crippen LogP contribution is 2.41. The van der Waals surface area contributed by atoms with Crippen LogP contribution in [0, 0.1) is 11.3 Å². The van der Waals surface area contributed by atoms with Crippen LogP contribution in [0.15, 0.2) is 77.7 Å². The van der Waals surface area contributed by atoms with Crippen molar-refractivity contribution in [3.63, 3.8) is 0 Å². The molecule has 200 valence electrons. The molecule has 0 aliphatic rings.